The molecule has 0 spiro atoms. The van der Waals surface area contributed by atoms with Gasteiger partial charge in [0.2, 0.25) is 0 Å². The van der Waals surface area contributed by atoms with Gasteiger partial charge < -0.3 is 15.0 Å². The maximum atomic E-state index is 5.42. The van der Waals surface area contributed by atoms with E-state index in [0.29, 0.717) is 12.1 Å². The molecule has 3 nitrogen and oxygen atoms in total. The van der Waals surface area contributed by atoms with Crippen molar-refractivity contribution in [3.8, 4) is 0 Å². The Bertz CT molecular complexity index is 374. The highest BCUT2D eigenvalue weighted by Crippen LogP contribution is 2.20. The van der Waals surface area contributed by atoms with Crippen LogP contribution in [0, 0.1) is 0 Å². The van der Waals surface area contributed by atoms with Crippen LogP contribution in [0.15, 0.2) is 30.3 Å². The standard InChI is InChI=1S/C18H30N2O/c1-20(15-16-7-4-3-5-8-16)14-6-13-19-17-9-11-18(21-2)12-10-17/h3-5,7-8,17-19H,6,9-15H2,1-2H3. The zero-order valence-electron chi connectivity index (χ0n) is 13.6. The second kappa shape index (κ2) is 9.19. The summed E-state index contributed by atoms with van der Waals surface area (Å²) in [6.07, 6.45) is 6.66. The molecule has 0 aromatic heterocycles. The van der Waals surface area contributed by atoms with Crippen LogP contribution >= 0.6 is 0 Å². The molecule has 1 aromatic carbocycles. The Kier molecular flexibility index (Phi) is 7.20. The minimum atomic E-state index is 0.500. The Morgan fingerprint density at radius 1 is 1.14 bits per heavy atom. The van der Waals surface area contributed by atoms with Crippen LogP contribution in [-0.2, 0) is 11.3 Å². The molecular weight excluding hydrogens is 260 g/mol. The van der Waals surface area contributed by atoms with E-state index in [1.807, 2.05) is 7.11 Å². The lowest BCUT2D eigenvalue weighted by Crippen LogP contribution is -2.36. The van der Waals surface area contributed by atoms with E-state index in [4.69, 9.17) is 4.74 Å². The van der Waals surface area contributed by atoms with E-state index < -0.39 is 0 Å². The molecule has 0 bridgehead atoms. The summed E-state index contributed by atoms with van der Waals surface area (Å²) in [6.45, 7) is 3.32. The molecule has 1 aromatic rings. The molecule has 0 aliphatic heterocycles. The SMILES string of the molecule is COC1CCC(NCCCN(C)Cc2ccccc2)CC1. The Morgan fingerprint density at radius 3 is 2.52 bits per heavy atom. The van der Waals surface area contributed by atoms with E-state index in [1.165, 1.54) is 37.7 Å². The number of hydrogen-bond donors (Lipinski definition) is 1. The zero-order chi connectivity index (χ0) is 14.9. The van der Waals surface area contributed by atoms with Gasteiger partial charge in [0.05, 0.1) is 6.10 Å². The molecule has 1 fully saturated rings. The van der Waals surface area contributed by atoms with Crippen LogP contribution in [0.25, 0.3) is 0 Å². The summed E-state index contributed by atoms with van der Waals surface area (Å²) in [5.41, 5.74) is 1.39. The van der Waals surface area contributed by atoms with E-state index in [0.717, 1.165) is 19.6 Å². The van der Waals surface area contributed by atoms with Gasteiger partial charge in [-0.15, -0.1) is 0 Å². The van der Waals surface area contributed by atoms with Crippen molar-refractivity contribution in [3.05, 3.63) is 35.9 Å². The minimum Gasteiger partial charge on any atom is -0.381 e. The van der Waals surface area contributed by atoms with Crippen LogP contribution in [0.5, 0.6) is 0 Å². The number of rotatable bonds is 8. The van der Waals surface area contributed by atoms with E-state index in [9.17, 15) is 0 Å². The quantitative estimate of drug-likeness (QED) is 0.745. The molecular formula is C18H30N2O. The van der Waals surface area contributed by atoms with Gasteiger partial charge in [0.25, 0.3) is 0 Å². The number of benzene rings is 1. The number of hydrogen-bond acceptors (Lipinski definition) is 3. The van der Waals surface area contributed by atoms with Crippen LogP contribution in [0.2, 0.25) is 0 Å². The third-order valence-electron chi connectivity index (χ3n) is 4.45. The van der Waals surface area contributed by atoms with Crippen molar-refractivity contribution in [2.24, 2.45) is 0 Å². The smallest absolute Gasteiger partial charge is 0.0572 e. The molecule has 3 heteroatoms. The van der Waals surface area contributed by atoms with Crippen molar-refractivity contribution in [2.45, 2.75) is 50.8 Å². The molecule has 1 saturated carbocycles. The van der Waals surface area contributed by atoms with Gasteiger partial charge in [0.15, 0.2) is 0 Å². The predicted octanol–water partition coefficient (Wildman–Crippen LogP) is 3.06. The number of ether oxygens (including phenoxy) is 1. The van der Waals surface area contributed by atoms with Gasteiger partial charge in [-0.3, -0.25) is 0 Å². The highest BCUT2D eigenvalue weighted by Gasteiger charge is 2.19. The Labute approximate surface area is 129 Å². The van der Waals surface area contributed by atoms with Crippen LogP contribution < -0.4 is 5.32 Å². The van der Waals surface area contributed by atoms with Gasteiger partial charge in [0, 0.05) is 19.7 Å². The molecule has 0 atom stereocenters. The first-order valence-corrected chi connectivity index (χ1v) is 8.26. The highest BCUT2D eigenvalue weighted by molar-refractivity contribution is 5.14. The van der Waals surface area contributed by atoms with Crippen molar-refractivity contribution in [1.82, 2.24) is 10.2 Å². The van der Waals surface area contributed by atoms with Crippen molar-refractivity contribution >= 4 is 0 Å². The predicted molar refractivity (Wildman–Crippen MR) is 88.4 cm³/mol. The first-order chi connectivity index (χ1) is 10.3. The van der Waals surface area contributed by atoms with Crippen molar-refractivity contribution < 1.29 is 4.74 Å². The monoisotopic (exact) mass is 290 g/mol. The summed E-state index contributed by atoms with van der Waals surface area (Å²) in [4.78, 5) is 2.40. The number of methoxy groups -OCH3 is 1. The van der Waals surface area contributed by atoms with Crippen molar-refractivity contribution in [3.63, 3.8) is 0 Å². The lowest BCUT2D eigenvalue weighted by molar-refractivity contribution is 0.0625. The number of nitrogens with zero attached hydrogens (tertiary/aromatic N) is 1. The lowest BCUT2D eigenvalue weighted by Gasteiger charge is -2.28. The summed E-state index contributed by atoms with van der Waals surface area (Å²) in [5, 5.41) is 3.70. The Hall–Kier alpha value is -0.900. The van der Waals surface area contributed by atoms with Crippen molar-refractivity contribution in [2.75, 3.05) is 27.2 Å². The van der Waals surface area contributed by atoms with Gasteiger partial charge in [0.1, 0.15) is 0 Å². The summed E-state index contributed by atoms with van der Waals surface area (Å²) in [6, 6.07) is 11.4. The summed E-state index contributed by atoms with van der Waals surface area (Å²) < 4.78 is 5.42. The van der Waals surface area contributed by atoms with Crippen LogP contribution in [0.4, 0.5) is 0 Å². The first kappa shape index (κ1) is 16.5. The third kappa shape index (κ3) is 6.16. The average Bonchev–Trinajstić information content (AvgIpc) is 2.53. The normalized spacial score (nSPS) is 22.6. The van der Waals surface area contributed by atoms with Crippen LogP contribution in [-0.4, -0.2) is 44.3 Å². The fraction of sp³-hybridized carbons (Fsp3) is 0.667. The Morgan fingerprint density at radius 2 is 1.86 bits per heavy atom. The summed E-state index contributed by atoms with van der Waals surface area (Å²) in [7, 11) is 4.04. The van der Waals surface area contributed by atoms with E-state index in [2.05, 4.69) is 47.6 Å². The summed E-state index contributed by atoms with van der Waals surface area (Å²) in [5.74, 6) is 0. The largest absolute Gasteiger partial charge is 0.381 e. The average molecular weight is 290 g/mol. The summed E-state index contributed by atoms with van der Waals surface area (Å²) >= 11 is 0. The second-order valence-corrected chi connectivity index (χ2v) is 6.24. The molecule has 0 saturated heterocycles. The minimum absolute atomic E-state index is 0.500. The fourth-order valence-corrected chi connectivity index (χ4v) is 3.13. The molecule has 118 valence electrons. The van der Waals surface area contributed by atoms with Gasteiger partial charge in [-0.2, -0.15) is 0 Å². The molecule has 0 amide bonds. The molecule has 0 radical (unpaired) electrons. The van der Waals surface area contributed by atoms with E-state index in [1.54, 1.807) is 0 Å². The molecule has 1 aliphatic carbocycles. The van der Waals surface area contributed by atoms with Crippen LogP contribution in [0.3, 0.4) is 0 Å². The first-order valence-electron chi connectivity index (χ1n) is 8.26. The van der Waals surface area contributed by atoms with Gasteiger partial charge in [-0.1, -0.05) is 30.3 Å². The second-order valence-electron chi connectivity index (χ2n) is 6.24. The Balaban J connectivity index is 1.53. The highest BCUT2D eigenvalue weighted by atomic mass is 16.5. The van der Waals surface area contributed by atoms with Gasteiger partial charge in [-0.25, -0.2) is 0 Å². The van der Waals surface area contributed by atoms with Crippen LogP contribution in [0.1, 0.15) is 37.7 Å². The molecule has 0 unspecified atom stereocenters. The third-order valence-corrected chi connectivity index (χ3v) is 4.45. The maximum absolute atomic E-state index is 5.42. The molecule has 1 aliphatic rings. The zero-order valence-corrected chi connectivity index (χ0v) is 13.6. The molecule has 21 heavy (non-hydrogen) atoms. The lowest BCUT2D eigenvalue weighted by atomic mass is 9.93. The topological polar surface area (TPSA) is 24.5 Å². The molecule has 1 N–H and O–H groups in total. The van der Waals surface area contributed by atoms with Gasteiger partial charge in [-0.05, 0) is 57.8 Å². The van der Waals surface area contributed by atoms with Crippen molar-refractivity contribution in [1.29, 1.82) is 0 Å². The van der Waals surface area contributed by atoms with E-state index >= 15 is 0 Å². The molecule has 0 heterocycles. The number of nitrogens with one attached hydrogen (secondary N) is 1. The maximum Gasteiger partial charge on any atom is 0.0572 e. The molecule has 2 rings (SSSR count). The van der Waals surface area contributed by atoms with Gasteiger partial charge >= 0.3 is 0 Å². The fourth-order valence-electron chi connectivity index (χ4n) is 3.13. The van der Waals surface area contributed by atoms with E-state index in [-0.39, 0.29) is 0 Å².